The Bertz CT molecular complexity index is 899. The van der Waals surface area contributed by atoms with Crippen LogP contribution in [0.2, 0.25) is 0 Å². The first-order valence-electron chi connectivity index (χ1n) is 9.92. The van der Waals surface area contributed by atoms with Gasteiger partial charge in [0.1, 0.15) is 0 Å². The summed E-state index contributed by atoms with van der Waals surface area (Å²) < 4.78 is 5.81. The number of benzene rings is 2. The number of rotatable bonds is 8. The van der Waals surface area contributed by atoms with Gasteiger partial charge >= 0.3 is 0 Å². The largest absolute Gasteiger partial charge is 0.377 e. The van der Waals surface area contributed by atoms with Crippen molar-refractivity contribution >= 4 is 33.7 Å². The predicted molar refractivity (Wildman–Crippen MR) is 116 cm³/mol. The number of hydrogen-bond acceptors (Lipinski definition) is 4. The third-order valence-corrected chi connectivity index (χ3v) is 6.03. The quantitative estimate of drug-likeness (QED) is 0.590. The standard InChI is InChI=1S/C23H26N2O2S/c26-23(24-22-11-3-7-18-6-1-2-10-21(18)22)12-13-25(16-19-8-4-14-27-19)17-20-9-5-15-28-20/h1-3,5-7,9-11,15,19H,4,8,12-14,16-17H2,(H,24,26)/t19-/m0/s1. The maximum Gasteiger partial charge on any atom is 0.225 e. The Labute approximate surface area is 170 Å². The Morgan fingerprint density at radius 3 is 2.86 bits per heavy atom. The van der Waals surface area contributed by atoms with Crippen molar-refractivity contribution in [3.63, 3.8) is 0 Å². The molecule has 1 saturated heterocycles. The summed E-state index contributed by atoms with van der Waals surface area (Å²) in [6.07, 6.45) is 3.02. The summed E-state index contributed by atoms with van der Waals surface area (Å²) in [6, 6.07) is 18.4. The van der Waals surface area contributed by atoms with Gasteiger partial charge in [-0.3, -0.25) is 9.69 Å². The molecule has 1 atom stereocenters. The second-order valence-corrected chi connectivity index (χ2v) is 8.31. The summed E-state index contributed by atoms with van der Waals surface area (Å²) in [6.45, 7) is 3.35. The highest BCUT2D eigenvalue weighted by Crippen LogP contribution is 2.23. The molecule has 0 saturated carbocycles. The van der Waals surface area contributed by atoms with E-state index in [1.807, 2.05) is 30.3 Å². The zero-order chi connectivity index (χ0) is 19.2. The molecule has 28 heavy (non-hydrogen) atoms. The van der Waals surface area contributed by atoms with E-state index in [4.69, 9.17) is 4.74 Å². The lowest BCUT2D eigenvalue weighted by atomic mass is 10.1. The summed E-state index contributed by atoms with van der Waals surface area (Å²) in [7, 11) is 0. The molecule has 0 spiro atoms. The number of anilines is 1. The molecule has 0 unspecified atom stereocenters. The molecule has 0 bridgehead atoms. The summed E-state index contributed by atoms with van der Waals surface area (Å²) in [4.78, 5) is 16.3. The smallest absolute Gasteiger partial charge is 0.225 e. The molecule has 1 fully saturated rings. The van der Waals surface area contributed by atoms with Gasteiger partial charge < -0.3 is 10.1 Å². The second-order valence-electron chi connectivity index (χ2n) is 7.27. The summed E-state index contributed by atoms with van der Waals surface area (Å²) >= 11 is 1.76. The third kappa shape index (κ3) is 4.98. The first kappa shape index (κ1) is 19.1. The van der Waals surface area contributed by atoms with Crippen LogP contribution in [0.3, 0.4) is 0 Å². The van der Waals surface area contributed by atoms with Crippen molar-refractivity contribution in [3.8, 4) is 0 Å². The van der Waals surface area contributed by atoms with E-state index >= 15 is 0 Å². The van der Waals surface area contributed by atoms with Crippen LogP contribution in [-0.2, 0) is 16.1 Å². The minimum Gasteiger partial charge on any atom is -0.377 e. The maximum atomic E-state index is 12.6. The van der Waals surface area contributed by atoms with Crippen LogP contribution >= 0.6 is 11.3 Å². The van der Waals surface area contributed by atoms with Gasteiger partial charge in [-0.25, -0.2) is 0 Å². The molecule has 1 aliphatic heterocycles. The highest BCUT2D eigenvalue weighted by Gasteiger charge is 2.20. The number of fused-ring (bicyclic) bond motifs is 1. The van der Waals surface area contributed by atoms with Crippen molar-refractivity contribution < 1.29 is 9.53 Å². The second kappa shape index (κ2) is 9.32. The summed E-state index contributed by atoms with van der Waals surface area (Å²) in [5.74, 6) is 0.0554. The number of nitrogens with one attached hydrogen (secondary N) is 1. The van der Waals surface area contributed by atoms with E-state index in [0.29, 0.717) is 12.5 Å². The lowest BCUT2D eigenvalue weighted by Gasteiger charge is -2.24. The minimum atomic E-state index is 0.0554. The van der Waals surface area contributed by atoms with E-state index in [0.717, 1.165) is 55.5 Å². The van der Waals surface area contributed by atoms with Gasteiger partial charge in [0.25, 0.3) is 0 Å². The Kier molecular flexibility index (Phi) is 6.37. The number of hydrogen-bond donors (Lipinski definition) is 1. The summed E-state index contributed by atoms with van der Waals surface area (Å²) in [5, 5.41) is 7.42. The molecule has 1 amide bonds. The van der Waals surface area contributed by atoms with Gasteiger partial charge in [0.05, 0.1) is 6.10 Å². The van der Waals surface area contributed by atoms with E-state index in [-0.39, 0.29) is 5.91 Å². The zero-order valence-electron chi connectivity index (χ0n) is 16.0. The van der Waals surface area contributed by atoms with E-state index in [9.17, 15) is 4.79 Å². The fourth-order valence-electron chi connectivity index (χ4n) is 3.74. The molecule has 0 radical (unpaired) electrons. The van der Waals surface area contributed by atoms with E-state index in [1.165, 1.54) is 4.88 Å². The van der Waals surface area contributed by atoms with E-state index in [2.05, 4.69) is 39.9 Å². The fourth-order valence-corrected chi connectivity index (χ4v) is 4.49. The van der Waals surface area contributed by atoms with Gasteiger partial charge in [-0.2, -0.15) is 0 Å². The van der Waals surface area contributed by atoms with Crippen molar-refractivity contribution in [1.82, 2.24) is 4.90 Å². The van der Waals surface area contributed by atoms with Crippen LogP contribution in [0.1, 0.15) is 24.1 Å². The minimum absolute atomic E-state index is 0.0554. The van der Waals surface area contributed by atoms with Gasteiger partial charge in [-0.05, 0) is 35.7 Å². The van der Waals surface area contributed by atoms with Crippen molar-refractivity contribution in [3.05, 3.63) is 64.9 Å². The number of ether oxygens (including phenoxy) is 1. The molecule has 4 nitrogen and oxygen atoms in total. The van der Waals surface area contributed by atoms with Gasteiger partial charge in [-0.1, -0.05) is 42.5 Å². The highest BCUT2D eigenvalue weighted by atomic mass is 32.1. The Hall–Kier alpha value is -2.21. The van der Waals surface area contributed by atoms with Gasteiger partial charge in [0.15, 0.2) is 0 Å². The Balaban J connectivity index is 1.37. The Morgan fingerprint density at radius 2 is 2.04 bits per heavy atom. The molecular weight excluding hydrogens is 368 g/mol. The van der Waals surface area contributed by atoms with E-state index in [1.54, 1.807) is 11.3 Å². The molecule has 0 aliphatic carbocycles. The normalized spacial score (nSPS) is 16.7. The number of amides is 1. The first-order chi connectivity index (χ1) is 13.8. The average molecular weight is 395 g/mol. The monoisotopic (exact) mass is 394 g/mol. The average Bonchev–Trinajstić information content (AvgIpc) is 3.41. The predicted octanol–water partition coefficient (Wildman–Crippen LogP) is 4.91. The van der Waals surface area contributed by atoms with Gasteiger partial charge in [-0.15, -0.1) is 11.3 Å². The van der Waals surface area contributed by atoms with Crippen LogP contribution in [0.4, 0.5) is 5.69 Å². The molecule has 2 heterocycles. The number of carbonyl (C=O) groups excluding carboxylic acids is 1. The Morgan fingerprint density at radius 1 is 1.14 bits per heavy atom. The lowest BCUT2D eigenvalue weighted by Crippen LogP contribution is -2.34. The molecule has 3 aromatic rings. The molecule has 4 rings (SSSR count). The lowest BCUT2D eigenvalue weighted by molar-refractivity contribution is -0.116. The topological polar surface area (TPSA) is 41.6 Å². The number of thiophene rings is 1. The molecule has 1 aromatic heterocycles. The number of nitrogens with zero attached hydrogens (tertiary/aromatic N) is 1. The van der Waals surface area contributed by atoms with Crippen LogP contribution in [0.15, 0.2) is 60.0 Å². The maximum absolute atomic E-state index is 12.6. The van der Waals surface area contributed by atoms with E-state index < -0.39 is 0 Å². The van der Waals surface area contributed by atoms with Crippen molar-refractivity contribution in [2.75, 3.05) is 25.0 Å². The van der Waals surface area contributed by atoms with Crippen LogP contribution in [0, 0.1) is 0 Å². The molecule has 5 heteroatoms. The summed E-state index contributed by atoms with van der Waals surface area (Å²) in [5.41, 5.74) is 0.882. The fraction of sp³-hybridized carbons (Fsp3) is 0.348. The first-order valence-corrected chi connectivity index (χ1v) is 10.8. The van der Waals surface area contributed by atoms with Crippen LogP contribution < -0.4 is 5.32 Å². The number of carbonyl (C=O) groups is 1. The van der Waals surface area contributed by atoms with Crippen LogP contribution in [0.5, 0.6) is 0 Å². The highest BCUT2D eigenvalue weighted by molar-refractivity contribution is 7.09. The molecule has 1 aliphatic rings. The molecule has 146 valence electrons. The zero-order valence-corrected chi connectivity index (χ0v) is 16.8. The van der Waals surface area contributed by atoms with Crippen LogP contribution in [0.25, 0.3) is 10.8 Å². The molecular formula is C23H26N2O2S. The third-order valence-electron chi connectivity index (χ3n) is 5.16. The van der Waals surface area contributed by atoms with Crippen molar-refractivity contribution in [2.45, 2.75) is 31.9 Å². The van der Waals surface area contributed by atoms with Crippen LogP contribution in [-0.4, -0.2) is 36.6 Å². The van der Waals surface area contributed by atoms with Crippen molar-refractivity contribution in [2.24, 2.45) is 0 Å². The van der Waals surface area contributed by atoms with Gasteiger partial charge in [0.2, 0.25) is 5.91 Å². The van der Waals surface area contributed by atoms with Crippen molar-refractivity contribution in [1.29, 1.82) is 0 Å². The molecule has 1 N–H and O–H groups in total. The van der Waals surface area contributed by atoms with Gasteiger partial charge in [0, 0.05) is 48.6 Å². The SMILES string of the molecule is O=C(CCN(Cc1cccs1)C[C@@H]1CCCO1)Nc1cccc2ccccc12. The molecule has 2 aromatic carbocycles.